The van der Waals surface area contributed by atoms with Gasteiger partial charge < -0.3 is 5.32 Å². The molecule has 0 aliphatic carbocycles. The Morgan fingerprint density at radius 3 is 2.43 bits per heavy atom. The van der Waals surface area contributed by atoms with Gasteiger partial charge in [0.15, 0.2) is 0 Å². The zero-order valence-corrected chi connectivity index (χ0v) is 17.3. The van der Waals surface area contributed by atoms with Crippen LogP contribution in [0.1, 0.15) is 40.7 Å². The fraction of sp³-hybridized carbons (Fsp3) is 0.350. The summed E-state index contributed by atoms with van der Waals surface area (Å²) in [5.74, 6) is -1.42. The lowest BCUT2D eigenvalue weighted by atomic mass is 10.1. The molecular formula is C20H22ClFN2O3S. The molecule has 2 aromatic rings. The van der Waals surface area contributed by atoms with Crippen molar-refractivity contribution in [1.82, 2.24) is 4.31 Å². The monoisotopic (exact) mass is 424 g/mol. The average molecular weight is 425 g/mol. The van der Waals surface area contributed by atoms with Crippen molar-refractivity contribution < 1.29 is 17.6 Å². The van der Waals surface area contributed by atoms with Crippen LogP contribution in [0.5, 0.6) is 0 Å². The van der Waals surface area contributed by atoms with Gasteiger partial charge in [0.05, 0.1) is 10.7 Å². The number of anilines is 1. The number of carbonyl (C=O) groups is 1. The molecule has 0 bridgehead atoms. The molecule has 1 heterocycles. The quantitative estimate of drug-likeness (QED) is 0.784. The number of hydrogen-bond donors (Lipinski definition) is 1. The largest absolute Gasteiger partial charge is 0.320 e. The van der Waals surface area contributed by atoms with Crippen LogP contribution in [-0.4, -0.2) is 31.7 Å². The Kier molecular flexibility index (Phi) is 6.07. The van der Waals surface area contributed by atoms with Crippen LogP contribution in [-0.2, 0) is 10.0 Å². The van der Waals surface area contributed by atoms with E-state index in [2.05, 4.69) is 5.32 Å². The van der Waals surface area contributed by atoms with Gasteiger partial charge in [0.25, 0.3) is 5.91 Å². The van der Waals surface area contributed by atoms with Crippen molar-refractivity contribution in [1.29, 1.82) is 0 Å². The standard InChI is InChI=1S/C20H22ClFN2O3S/c1-13-10-14(2)19(16(21)11-13)23-20(25)15-6-7-17(22)18(12-15)28(26,27)24-8-4-3-5-9-24/h6-7,10-12H,3-5,8-9H2,1-2H3,(H,23,25). The maximum atomic E-state index is 14.3. The number of rotatable bonds is 4. The highest BCUT2D eigenvalue weighted by atomic mass is 35.5. The summed E-state index contributed by atoms with van der Waals surface area (Å²) in [4.78, 5) is 12.2. The second-order valence-corrected chi connectivity index (χ2v) is 9.32. The number of carbonyl (C=O) groups excluding carboxylic acids is 1. The first kappa shape index (κ1) is 20.8. The third kappa shape index (κ3) is 4.21. The predicted molar refractivity (Wildman–Crippen MR) is 108 cm³/mol. The van der Waals surface area contributed by atoms with Gasteiger partial charge in [0.2, 0.25) is 10.0 Å². The van der Waals surface area contributed by atoms with Gasteiger partial charge in [0, 0.05) is 18.7 Å². The lowest BCUT2D eigenvalue weighted by Crippen LogP contribution is -2.36. The minimum absolute atomic E-state index is 0.0491. The van der Waals surface area contributed by atoms with Crippen LogP contribution in [0, 0.1) is 19.7 Å². The number of aryl methyl sites for hydroxylation is 2. The average Bonchev–Trinajstić information content (AvgIpc) is 2.65. The Labute approximate surface area is 169 Å². The summed E-state index contributed by atoms with van der Waals surface area (Å²) in [6.45, 7) is 4.42. The SMILES string of the molecule is Cc1cc(C)c(NC(=O)c2ccc(F)c(S(=O)(=O)N3CCCCC3)c2)c(Cl)c1. The van der Waals surface area contributed by atoms with E-state index in [4.69, 9.17) is 11.6 Å². The fourth-order valence-electron chi connectivity index (χ4n) is 3.35. The summed E-state index contributed by atoms with van der Waals surface area (Å²) in [5, 5.41) is 3.08. The Balaban J connectivity index is 1.92. The van der Waals surface area contributed by atoms with Gasteiger partial charge in [-0.1, -0.05) is 24.1 Å². The maximum absolute atomic E-state index is 14.3. The molecule has 0 saturated carbocycles. The molecule has 0 unspecified atom stereocenters. The third-order valence-corrected chi connectivity index (χ3v) is 7.01. The Hall–Kier alpha value is -1.96. The Morgan fingerprint density at radius 2 is 1.79 bits per heavy atom. The second kappa shape index (κ2) is 8.19. The summed E-state index contributed by atoms with van der Waals surface area (Å²) in [6.07, 6.45) is 2.44. The molecular weight excluding hydrogens is 403 g/mol. The summed E-state index contributed by atoms with van der Waals surface area (Å²) >= 11 is 6.22. The van der Waals surface area contributed by atoms with Crippen LogP contribution >= 0.6 is 11.6 Å². The molecule has 0 radical (unpaired) electrons. The molecule has 0 spiro atoms. The molecule has 0 atom stereocenters. The van der Waals surface area contributed by atoms with Crippen LogP contribution in [0.25, 0.3) is 0 Å². The molecule has 3 rings (SSSR count). The number of amides is 1. The van der Waals surface area contributed by atoms with Gasteiger partial charge in [-0.3, -0.25) is 4.79 Å². The molecule has 1 aliphatic heterocycles. The van der Waals surface area contributed by atoms with Gasteiger partial charge >= 0.3 is 0 Å². The molecule has 1 aliphatic rings. The van der Waals surface area contributed by atoms with E-state index in [9.17, 15) is 17.6 Å². The van der Waals surface area contributed by atoms with E-state index in [1.807, 2.05) is 19.9 Å². The van der Waals surface area contributed by atoms with E-state index in [-0.39, 0.29) is 5.56 Å². The lowest BCUT2D eigenvalue weighted by molar-refractivity contribution is 0.102. The molecule has 1 fully saturated rings. The highest BCUT2D eigenvalue weighted by Crippen LogP contribution is 2.29. The smallest absolute Gasteiger partial charge is 0.255 e. The summed E-state index contributed by atoms with van der Waals surface area (Å²) in [6, 6.07) is 6.96. The van der Waals surface area contributed by atoms with Crippen LogP contribution in [0.2, 0.25) is 5.02 Å². The molecule has 1 amide bonds. The normalized spacial score (nSPS) is 15.4. The fourth-order valence-corrected chi connectivity index (χ4v) is 5.32. The molecule has 28 heavy (non-hydrogen) atoms. The van der Waals surface area contributed by atoms with E-state index in [1.54, 1.807) is 6.07 Å². The van der Waals surface area contributed by atoms with Gasteiger partial charge in [-0.25, -0.2) is 12.8 Å². The highest BCUT2D eigenvalue weighted by Gasteiger charge is 2.29. The van der Waals surface area contributed by atoms with Crippen molar-refractivity contribution in [2.45, 2.75) is 38.0 Å². The first-order chi connectivity index (χ1) is 13.2. The maximum Gasteiger partial charge on any atom is 0.255 e. The molecule has 8 heteroatoms. The van der Waals surface area contributed by atoms with Crippen molar-refractivity contribution in [3.05, 3.63) is 57.9 Å². The number of benzene rings is 2. The van der Waals surface area contributed by atoms with E-state index in [1.165, 1.54) is 10.4 Å². The third-order valence-electron chi connectivity index (χ3n) is 4.80. The minimum Gasteiger partial charge on any atom is -0.320 e. The predicted octanol–water partition coefficient (Wildman–Crippen LogP) is 4.52. The summed E-state index contributed by atoms with van der Waals surface area (Å²) < 4.78 is 41.2. The number of piperidine rings is 1. The first-order valence-electron chi connectivity index (χ1n) is 9.08. The molecule has 1 saturated heterocycles. The van der Waals surface area contributed by atoms with Crippen molar-refractivity contribution in [3.63, 3.8) is 0 Å². The number of nitrogens with one attached hydrogen (secondary N) is 1. The van der Waals surface area contributed by atoms with Crippen molar-refractivity contribution in [2.24, 2.45) is 0 Å². The number of halogens is 2. The van der Waals surface area contributed by atoms with Crippen molar-refractivity contribution in [2.75, 3.05) is 18.4 Å². The van der Waals surface area contributed by atoms with Gasteiger partial charge in [-0.05, 0) is 62.1 Å². The number of hydrogen-bond acceptors (Lipinski definition) is 3. The molecule has 150 valence electrons. The van der Waals surface area contributed by atoms with Gasteiger partial charge in [0.1, 0.15) is 10.7 Å². The summed E-state index contributed by atoms with van der Waals surface area (Å²) in [7, 11) is -3.99. The van der Waals surface area contributed by atoms with Crippen LogP contribution in [0.4, 0.5) is 10.1 Å². The van der Waals surface area contributed by atoms with Gasteiger partial charge in [-0.15, -0.1) is 0 Å². The van der Waals surface area contributed by atoms with Crippen LogP contribution in [0.3, 0.4) is 0 Å². The van der Waals surface area contributed by atoms with Gasteiger partial charge in [-0.2, -0.15) is 4.31 Å². The topological polar surface area (TPSA) is 66.5 Å². The Morgan fingerprint density at radius 1 is 1.11 bits per heavy atom. The molecule has 1 N–H and O–H groups in total. The highest BCUT2D eigenvalue weighted by molar-refractivity contribution is 7.89. The second-order valence-electron chi connectivity index (χ2n) is 7.00. The molecule has 2 aromatic carbocycles. The van der Waals surface area contributed by atoms with Crippen LogP contribution < -0.4 is 5.32 Å². The molecule has 5 nitrogen and oxygen atoms in total. The lowest BCUT2D eigenvalue weighted by Gasteiger charge is -2.26. The summed E-state index contributed by atoms with van der Waals surface area (Å²) in [5.41, 5.74) is 2.23. The van der Waals surface area contributed by atoms with Crippen LogP contribution in [0.15, 0.2) is 35.2 Å². The van der Waals surface area contributed by atoms with Crippen molar-refractivity contribution in [3.8, 4) is 0 Å². The zero-order valence-electron chi connectivity index (χ0n) is 15.8. The number of nitrogens with zero attached hydrogens (tertiary/aromatic N) is 1. The first-order valence-corrected chi connectivity index (χ1v) is 10.9. The minimum atomic E-state index is -3.99. The van der Waals surface area contributed by atoms with E-state index < -0.39 is 26.6 Å². The van der Waals surface area contributed by atoms with E-state index in [0.717, 1.165) is 42.5 Å². The van der Waals surface area contributed by atoms with Crippen molar-refractivity contribution >= 4 is 33.2 Å². The molecule has 0 aromatic heterocycles. The number of sulfonamides is 1. The van der Waals surface area contributed by atoms with E-state index in [0.29, 0.717) is 23.8 Å². The zero-order chi connectivity index (χ0) is 20.5. The van der Waals surface area contributed by atoms with E-state index >= 15 is 0 Å². The Bertz CT molecular complexity index is 995.